The van der Waals surface area contributed by atoms with Gasteiger partial charge in [0.25, 0.3) is 0 Å². The van der Waals surface area contributed by atoms with Gasteiger partial charge >= 0.3 is 6.36 Å². The quantitative estimate of drug-likeness (QED) is 0.728. The lowest BCUT2D eigenvalue weighted by Gasteiger charge is -2.09. The summed E-state index contributed by atoms with van der Waals surface area (Å²) in [6, 6.07) is 1.28. The van der Waals surface area contributed by atoms with E-state index in [1.54, 1.807) is 0 Å². The maximum Gasteiger partial charge on any atom is 0.574 e. The van der Waals surface area contributed by atoms with Crippen LogP contribution in [0.15, 0.2) is 11.0 Å². The molecule has 1 aromatic rings. The maximum atomic E-state index is 11.8. The van der Waals surface area contributed by atoms with Crippen LogP contribution >= 0.6 is 0 Å². The van der Waals surface area contributed by atoms with Gasteiger partial charge in [0.05, 0.1) is 5.69 Å². The summed E-state index contributed by atoms with van der Waals surface area (Å²) in [5.74, 6) is -0.968. The Labute approximate surface area is 80.9 Å². The number of ether oxygens (including phenoxy) is 1. The minimum atomic E-state index is -4.98. The number of hydrogen-bond donors (Lipinski definition) is 2. The summed E-state index contributed by atoms with van der Waals surface area (Å²) in [6.45, 7) is 0. The molecule has 0 aliphatic rings. The smallest absolute Gasteiger partial charge is 0.394 e. The summed E-state index contributed by atoms with van der Waals surface area (Å²) >= 11 is 0. The maximum absolute atomic E-state index is 11.8. The van der Waals surface area contributed by atoms with Gasteiger partial charge in [0.15, 0.2) is 5.56 Å². The number of hydrogen-bond acceptors (Lipinski definition) is 4. The molecule has 8 heteroatoms. The third-order valence-electron chi connectivity index (χ3n) is 1.40. The zero-order valence-corrected chi connectivity index (χ0v) is 7.05. The average Bonchev–Trinajstić information content (AvgIpc) is 2.10. The molecular weight excluding hydrogens is 215 g/mol. The van der Waals surface area contributed by atoms with Crippen LogP contribution in [0.4, 0.5) is 18.9 Å². The molecule has 0 bridgehead atoms. The summed E-state index contributed by atoms with van der Waals surface area (Å²) in [7, 11) is 0. The second-order valence-electron chi connectivity index (χ2n) is 2.44. The predicted octanol–water partition coefficient (Wildman–Crippen LogP) is 0.727. The number of nitrogens with two attached hydrogens (primary N) is 1. The van der Waals surface area contributed by atoms with Crippen LogP contribution in [0.2, 0.25) is 0 Å². The lowest BCUT2D eigenvalue weighted by Crippen LogP contribution is -2.22. The Bertz CT molecular complexity index is 472. The first-order valence-corrected chi connectivity index (χ1v) is 3.52. The Hall–Kier alpha value is -2.17. The molecule has 0 aromatic carbocycles. The van der Waals surface area contributed by atoms with E-state index in [1.165, 1.54) is 6.07 Å². The molecule has 0 aliphatic heterocycles. The number of halogens is 3. The number of nitrogen functional groups attached to an aromatic ring is 1. The summed E-state index contributed by atoms with van der Waals surface area (Å²) < 4.78 is 38.8. The highest BCUT2D eigenvalue weighted by Gasteiger charge is 2.33. The molecule has 0 aliphatic carbocycles. The van der Waals surface area contributed by atoms with E-state index in [9.17, 15) is 18.0 Å². The van der Waals surface area contributed by atoms with Crippen molar-refractivity contribution in [3.05, 3.63) is 22.0 Å². The summed E-state index contributed by atoms with van der Waals surface area (Å²) in [4.78, 5) is 13.1. The highest BCUT2D eigenvalue weighted by atomic mass is 19.4. The van der Waals surface area contributed by atoms with Crippen LogP contribution in [0, 0.1) is 11.3 Å². The number of alkyl halides is 3. The largest absolute Gasteiger partial charge is 0.574 e. The van der Waals surface area contributed by atoms with Crippen LogP contribution < -0.4 is 15.9 Å². The van der Waals surface area contributed by atoms with Crippen molar-refractivity contribution < 1.29 is 17.9 Å². The molecule has 80 valence electrons. The summed E-state index contributed by atoms with van der Waals surface area (Å²) in [6.07, 6.45) is -4.16. The standard InChI is InChI=1S/C7H4F3N3O2/c8-7(9,10)15-6-3(1-11)5(14)4(12)2-13-6/h2H,12H2,(H,13,14). The zero-order valence-electron chi connectivity index (χ0n) is 7.05. The van der Waals surface area contributed by atoms with Crippen LogP contribution in [-0.4, -0.2) is 11.3 Å². The van der Waals surface area contributed by atoms with Crippen LogP contribution in [-0.2, 0) is 0 Å². The van der Waals surface area contributed by atoms with Gasteiger partial charge < -0.3 is 15.5 Å². The van der Waals surface area contributed by atoms with E-state index in [4.69, 9.17) is 11.0 Å². The minimum Gasteiger partial charge on any atom is -0.394 e. The van der Waals surface area contributed by atoms with E-state index in [0.29, 0.717) is 0 Å². The van der Waals surface area contributed by atoms with Crippen molar-refractivity contribution in [2.75, 3.05) is 5.73 Å². The number of nitrogens with one attached hydrogen (secondary N) is 1. The monoisotopic (exact) mass is 219 g/mol. The van der Waals surface area contributed by atoms with Crippen molar-refractivity contribution in [1.82, 2.24) is 4.98 Å². The molecule has 0 unspecified atom stereocenters. The molecule has 3 N–H and O–H groups in total. The fourth-order valence-electron chi connectivity index (χ4n) is 0.826. The van der Waals surface area contributed by atoms with Gasteiger partial charge in [-0.15, -0.1) is 13.2 Å². The summed E-state index contributed by atoms with van der Waals surface area (Å²) in [5, 5.41) is 8.45. The number of aromatic amines is 1. The Morgan fingerprint density at radius 3 is 2.60 bits per heavy atom. The highest BCUT2D eigenvalue weighted by molar-refractivity contribution is 5.48. The van der Waals surface area contributed by atoms with Gasteiger partial charge in [0, 0.05) is 6.20 Å². The van der Waals surface area contributed by atoms with Gasteiger partial charge in [-0.1, -0.05) is 0 Å². The Kier molecular flexibility index (Phi) is 2.57. The molecule has 0 radical (unpaired) electrons. The lowest BCUT2D eigenvalue weighted by atomic mass is 10.2. The number of nitriles is 1. The molecule has 1 rings (SSSR count). The first-order valence-electron chi connectivity index (χ1n) is 3.52. The fraction of sp³-hybridized carbons (Fsp3) is 0.143. The van der Waals surface area contributed by atoms with E-state index in [-0.39, 0.29) is 5.69 Å². The number of anilines is 1. The van der Waals surface area contributed by atoms with Gasteiger partial charge in [0.2, 0.25) is 11.3 Å². The molecule has 0 saturated carbocycles. The van der Waals surface area contributed by atoms with Crippen LogP contribution in [0.3, 0.4) is 0 Å². The lowest BCUT2D eigenvalue weighted by molar-refractivity contribution is -0.276. The van der Waals surface area contributed by atoms with Crippen LogP contribution in [0.1, 0.15) is 5.56 Å². The van der Waals surface area contributed by atoms with Crippen molar-refractivity contribution >= 4 is 5.69 Å². The van der Waals surface area contributed by atoms with E-state index >= 15 is 0 Å². The fourth-order valence-corrected chi connectivity index (χ4v) is 0.826. The zero-order chi connectivity index (χ0) is 11.6. The molecule has 0 spiro atoms. The third-order valence-corrected chi connectivity index (χ3v) is 1.40. The second-order valence-corrected chi connectivity index (χ2v) is 2.44. The molecular formula is C7H4F3N3O2. The van der Waals surface area contributed by atoms with E-state index in [0.717, 1.165) is 6.20 Å². The molecule has 1 heterocycles. The van der Waals surface area contributed by atoms with Gasteiger partial charge in [0.1, 0.15) is 6.07 Å². The van der Waals surface area contributed by atoms with Gasteiger partial charge in [-0.2, -0.15) is 5.26 Å². The number of aromatic nitrogens is 1. The SMILES string of the molecule is N#Cc1c(OC(F)(F)F)[nH]cc(N)c1=O. The first-order chi connectivity index (χ1) is 6.85. The number of pyridine rings is 1. The number of nitrogens with zero attached hydrogens (tertiary/aromatic N) is 1. The second kappa shape index (κ2) is 3.53. The molecule has 1 aromatic heterocycles. The normalized spacial score (nSPS) is 10.8. The summed E-state index contributed by atoms with van der Waals surface area (Å²) in [5.41, 5.74) is 2.92. The van der Waals surface area contributed by atoms with Crippen molar-refractivity contribution in [2.45, 2.75) is 6.36 Å². The number of rotatable bonds is 1. The molecule has 0 amide bonds. The van der Waals surface area contributed by atoms with E-state index in [2.05, 4.69) is 4.74 Å². The Morgan fingerprint density at radius 2 is 2.13 bits per heavy atom. The van der Waals surface area contributed by atoms with E-state index in [1.807, 2.05) is 4.98 Å². The molecule has 0 atom stereocenters. The van der Waals surface area contributed by atoms with Crippen LogP contribution in [0.5, 0.6) is 5.88 Å². The molecule has 0 fully saturated rings. The average molecular weight is 219 g/mol. The Morgan fingerprint density at radius 1 is 1.53 bits per heavy atom. The molecule has 15 heavy (non-hydrogen) atoms. The minimum absolute atomic E-state index is 0.360. The van der Waals surface area contributed by atoms with Gasteiger partial charge in [-0.25, -0.2) is 0 Å². The molecule has 5 nitrogen and oxygen atoms in total. The predicted molar refractivity (Wildman–Crippen MR) is 42.9 cm³/mol. The van der Waals surface area contributed by atoms with Gasteiger partial charge in [-0.05, 0) is 0 Å². The molecule has 0 saturated heterocycles. The van der Waals surface area contributed by atoms with Crippen molar-refractivity contribution in [1.29, 1.82) is 5.26 Å². The van der Waals surface area contributed by atoms with Crippen molar-refractivity contribution in [2.24, 2.45) is 0 Å². The number of H-pyrrole nitrogens is 1. The van der Waals surface area contributed by atoms with E-state index < -0.39 is 23.2 Å². The highest BCUT2D eigenvalue weighted by Crippen LogP contribution is 2.22. The Balaban J connectivity index is 3.28. The first kappa shape index (κ1) is 10.9. The van der Waals surface area contributed by atoms with Crippen molar-refractivity contribution in [3.63, 3.8) is 0 Å². The van der Waals surface area contributed by atoms with Gasteiger partial charge in [-0.3, -0.25) is 4.79 Å². The van der Waals surface area contributed by atoms with Crippen molar-refractivity contribution in [3.8, 4) is 11.9 Å². The van der Waals surface area contributed by atoms with Crippen LogP contribution in [0.25, 0.3) is 0 Å². The topological polar surface area (TPSA) is 91.9 Å². The third kappa shape index (κ3) is 2.40.